The fourth-order valence-electron chi connectivity index (χ4n) is 1.60. The second-order valence-corrected chi connectivity index (χ2v) is 3.78. The Bertz CT molecular complexity index is 579. The smallest absolute Gasteiger partial charge is 0.222 e. The Hall–Kier alpha value is -2.49. The summed E-state index contributed by atoms with van der Waals surface area (Å²) in [5, 5.41) is 2.55. The summed E-state index contributed by atoms with van der Waals surface area (Å²) < 4.78 is 0. The fourth-order valence-corrected chi connectivity index (χ4v) is 1.60. The minimum absolute atomic E-state index is 0.160. The van der Waals surface area contributed by atoms with Gasteiger partial charge in [0.05, 0.1) is 5.56 Å². The van der Waals surface area contributed by atoms with Crippen molar-refractivity contribution in [3.8, 4) is 0 Å². The molecule has 2 aromatic rings. The molecular weight excluding hydrogens is 228 g/mol. The van der Waals surface area contributed by atoms with Gasteiger partial charge in [-0.1, -0.05) is 30.3 Å². The number of ketones is 1. The maximum atomic E-state index is 12.3. The van der Waals surface area contributed by atoms with Crippen molar-refractivity contribution >= 4 is 17.5 Å². The van der Waals surface area contributed by atoms with Crippen LogP contribution in [0.15, 0.2) is 48.7 Å². The van der Waals surface area contributed by atoms with Crippen LogP contribution in [0.25, 0.3) is 0 Å². The van der Waals surface area contributed by atoms with Crippen molar-refractivity contribution in [3.63, 3.8) is 0 Å². The SMILES string of the molecule is CC(=O)Nc1ncccc1C(=O)c1ccccc1. The summed E-state index contributed by atoms with van der Waals surface area (Å²) in [4.78, 5) is 27.3. The van der Waals surface area contributed by atoms with Crippen LogP contribution in [0.5, 0.6) is 0 Å². The molecular formula is C14H12N2O2. The van der Waals surface area contributed by atoms with E-state index in [-0.39, 0.29) is 11.7 Å². The van der Waals surface area contributed by atoms with Crippen LogP contribution in [0.3, 0.4) is 0 Å². The Morgan fingerprint density at radius 2 is 1.78 bits per heavy atom. The molecule has 0 aliphatic carbocycles. The first-order valence-corrected chi connectivity index (χ1v) is 5.51. The van der Waals surface area contributed by atoms with Crippen LogP contribution < -0.4 is 5.32 Å². The van der Waals surface area contributed by atoms with E-state index >= 15 is 0 Å². The number of carbonyl (C=O) groups excluding carboxylic acids is 2. The van der Waals surface area contributed by atoms with Gasteiger partial charge in [-0.05, 0) is 12.1 Å². The summed E-state index contributed by atoms with van der Waals surface area (Å²) >= 11 is 0. The molecule has 0 aliphatic rings. The van der Waals surface area contributed by atoms with E-state index in [1.54, 1.807) is 36.4 Å². The van der Waals surface area contributed by atoms with Gasteiger partial charge in [0.15, 0.2) is 5.78 Å². The number of carbonyl (C=O) groups is 2. The number of pyridine rings is 1. The molecule has 0 unspecified atom stereocenters. The number of benzene rings is 1. The standard InChI is InChI=1S/C14H12N2O2/c1-10(17)16-14-12(8-5-9-15-14)13(18)11-6-3-2-4-7-11/h2-9H,1H3,(H,15,16,17). The second kappa shape index (κ2) is 5.23. The zero-order chi connectivity index (χ0) is 13.0. The minimum atomic E-state index is -0.254. The highest BCUT2D eigenvalue weighted by Crippen LogP contribution is 2.16. The Morgan fingerprint density at radius 3 is 2.44 bits per heavy atom. The largest absolute Gasteiger partial charge is 0.310 e. The van der Waals surface area contributed by atoms with Gasteiger partial charge in [-0.2, -0.15) is 0 Å². The van der Waals surface area contributed by atoms with Gasteiger partial charge in [0.1, 0.15) is 5.82 Å². The van der Waals surface area contributed by atoms with Crippen LogP contribution in [-0.2, 0) is 4.79 Å². The molecule has 0 spiro atoms. The summed E-state index contributed by atoms with van der Waals surface area (Å²) in [5.74, 6) is -0.123. The van der Waals surface area contributed by atoms with Crippen LogP contribution in [0.2, 0.25) is 0 Å². The highest BCUT2D eigenvalue weighted by Gasteiger charge is 2.14. The maximum Gasteiger partial charge on any atom is 0.222 e. The van der Waals surface area contributed by atoms with Gasteiger partial charge in [-0.3, -0.25) is 9.59 Å². The highest BCUT2D eigenvalue weighted by atomic mass is 16.1. The lowest BCUT2D eigenvalue weighted by atomic mass is 10.0. The molecule has 2 rings (SSSR count). The highest BCUT2D eigenvalue weighted by molar-refractivity contribution is 6.13. The zero-order valence-corrected chi connectivity index (χ0v) is 9.88. The third-order valence-electron chi connectivity index (χ3n) is 2.38. The summed E-state index contributed by atoms with van der Waals surface area (Å²) in [6.07, 6.45) is 1.53. The van der Waals surface area contributed by atoms with Crippen LogP contribution >= 0.6 is 0 Å². The average molecular weight is 240 g/mol. The van der Waals surface area contributed by atoms with Gasteiger partial charge in [-0.25, -0.2) is 4.98 Å². The van der Waals surface area contributed by atoms with Crippen LogP contribution in [0, 0.1) is 0 Å². The van der Waals surface area contributed by atoms with Crippen molar-refractivity contribution < 1.29 is 9.59 Å². The quantitative estimate of drug-likeness (QED) is 0.837. The van der Waals surface area contributed by atoms with Crippen LogP contribution in [-0.4, -0.2) is 16.7 Å². The molecule has 0 atom stereocenters. The van der Waals surface area contributed by atoms with E-state index in [2.05, 4.69) is 10.3 Å². The lowest BCUT2D eigenvalue weighted by Gasteiger charge is -2.07. The first kappa shape index (κ1) is 12.0. The Morgan fingerprint density at radius 1 is 1.06 bits per heavy atom. The molecule has 0 fully saturated rings. The van der Waals surface area contributed by atoms with Crippen molar-refractivity contribution in [2.24, 2.45) is 0 Å². The molecule has 0 radical (unpaired) electrons. The Kier molecular flexibility index (Phi) is 3.48. The number of anilines is 1. The van der Waals surface area contributed by atoms with Crippen LogP contribution in [0.1, 0.15) is 22.8 Å². The van der Waals surface area contributed by atoms with Crippen molar-refractivity contribution in [1.82, 2.24) is 4.98 Å². The number of nitrogens with one attached hydrogen (secondary N) is 1. The first-order chi connectivity index (χ1) is 8.68. The average Bonchev–Trinajstić information content (AvgIpc) is 2.39. The fraction of sp³-hybridized carbons (Fsp3) is 0.0714. The molecule has 1 heterocycles. The predicted octanol–water partition coefficient (Wildman–Crippen LogP) is 2.27. The van der Waals surface area contributed by atoms with E-state index in [0.717, 1.165) is 0 Å². The molecule has 0 saturated heterocycles. The molecule has 90 valence electrons. The summed E-state index contributed by atoms with van der Waals surface area (Å²) in [6, 6.07) is 12.2. The van der Waals surface area contributed by atoms with Crippen LogP contribution in [0.4, 0.5) is 5.82 Å². The Balaban J connectivity index is 2.39. The van der Waals surface area contributed by atoms with Gasteiger partial charge < -0.3 is 5.32 Å². The molecule has 1 aromatic heterocycles. The maximum absolute atomic E-state index is 12.3. The van der Waals surface area contributed by atoms with Crippen molar-refractivity contribution in [2.75, 3.05) is 5.32 Å². The van der Waals surface area contributed by atoms with E-state index in [4.69, 9.17) is 0 Å². The topological polar surface area (TPSA) is 59.1 Å². The van der Waals surface area contributed by atoms with E-state index in [1.807, 2.05) is 6.07 Å². The second-order valence-electron chi connectivity index (χ2n) is 3.78. The number of hydrogen-bond acceptors (Lipinski definition) is 3. The van der Waals surface area contributed by atoms with E-state index in [1.165, 1.54) is 13.1 Å². The zero-order valence-electron chi connectivity index (χ0n) is 9.88. The molecule has 4 nitrogen and oxygen atoms in total. The predicted molar refractivity (Wildman–Crippen MR) is 68.4 cm³/mol. The lowest BCUT2D eigenvalue weighted by molar-refractivity contribution is -0.114. The number of rotatable bonds is 3. The van der Waals surface area contributed by atoms with Crippen molar-refractivity contribution in [1.29, 1.82) is 0 Å². The summed E-state index contributed by atoms with van der Waals surface area (Å²) in [7, 11) is 0. The number of aromatic nitrogens is 1. The van der Waals surface area contributed by atoms with Gasteiger partial charge in [0, 0.05) is 18.7 Å². The number of nitrogens with zero attached hydrogens (tertiary/aromatic N) is 1. The molecule has 0 saturated carbocycles. The third-order valence-corrected chi connectivity index (χ3v) is 2.38. The molecule has 1 N–H and O–H groups in total. The minimum Gasteiger partial charge on any atom is -0.310 e. The van der Waals surface area contributed by atoms with Gasteiger partial charge >= 0.3 is 0 Å². The number of hydrogen-bond donors (Lipinski definition) is 1. The molecule has 4 heteroatoms. The van der Waals surface area contributed by atoms with E-state index in [9.17, 15) is 9.59 Å². The summed E-state index contributed by atoms with van der Waals surface area (Å²) in [5.41, 5.74) is 0.955. The van der Waals surface area contributed by atoms with Gasteiger partial charge in [-0.15, -0.1) is 0 Å². The summed E-state index contributed by atoms with van der Waals surface area (Å²) in [6.45, 7) is 1.38. The molecule has 1 amide bonds. The molecule has 18 heavy (non-hydrogen) atoms. The number of amides is 1. The van der Waals surface area contributed by atoms with Gasteiger partial charge in [0.2, 0.25) is 5.91 Å². The van der Waals surface area contributed by atoms with Gasteiger partial charge in [0.25, 0.3) is 0 Å². The first-order valence-electron chi connectivity index (χ1n) is 5.51. The molecule has 1 aromatic carbocycles. The monoisotopic (exact) mass is 240 g/mol. The van der Waals surface area contributed by atoms with Crippen molar-refractivity contribution in [3.05, 3.63) is 59.8 Å². The van der Waals surface area contributed by atoms with E-state index in [0.29, 0.717) is 16.9 Å². The van der Waals surface area contributed by atoms with E-state index < -0.39 is 0 Å². The Labute approximate surface area is 105 Å². The lowest BCUT2D eigenvalue weighted by Crippen LogP contribution is -2.13. The molecule has 0 aliphatic heterocycles. The molecule has 0 bridgehead atoms. The normalized spacial score (nSPS) is 9.83. The third kappa shape index (κ3) is 2.60. The van der Waals surface area contributed by atoms with Crippen molar-refractivity contribution in [2.45, 2.75) is 6.92 Å².